The first-order chi connectivity index (χ1) is 49.8. The van der Waals surface area contributed by atoms with Crippen molar-refractivity contribution in [2.75, 3.05) is 0 Å². The Balaban J connectivity index is 0.000000112. The van der Waals surface area contributed by atoms with Gasteiger partial charge in [0.15, 0.2) is 0 Å². The van der Waals surface area contributed by atoms with Crippen molar-refractivity contribution in [1.82, 2.24) is 0 Å². The number of ether oxygens (including phenoxy) is 6. The van der Waals surface area contributed by atoms with Gasteiger partial charge >= 0.3 is 35.8 Å². The third-order valence-corrected chi connectivity index (χ3v) is 33.6. The molecule has 0 aromatic carbocycles. The summed E-state index contributed by atoms with van der Waals surface area (Å²) in [7, 11) is 0. The first-order valence-corrected chi connectivity index (χ1v) is 43.0. The largest absolute Gasteiger partial charge is 0.456 e. The molecule has 0 heterocycles. The maximum atomic E-state index is 12.1. The minimum absolute atomic E-state index is 0.154. The van der Waals surface area contributed by atoms with Crippen LogP contribution in [0.1, 0.15) is 282 Å². The lowest BCUT2D eigenvalue weighted by molar-refractivity contribution is -0.221. The zero-order valence-corrected chi connectivity index (χ0v) is 67.0. The lowest BCUT2D eigenvalue weighted by Crippen LogP contribution is -2.62. The molecule has 0 unspecified atom stereocenters. The van der Waals surface area contributed by atoms with Gasteiger partial charge in [-0.05, 0) is 394 Å². The Labute approximate surface area is 633 Å². The Hall–Kier alpha value is -4.74. The van der Waals surface area contributed by atoms with Crippen molar-refractivity contribution in [1.29, 1.82) is 0 Å². The van der Waals surface area contributed by atoms with Crippen LogP contribution < -0.4 is 0 Å². The average molecular weight is 1450 g/mol. The molecule has 0 N–H and O–H groups in total. The second kappa shape index (κ2) is 30.5. The average Bonchev–Trinajstić information content (AvgIpc) is 0.740. The van der Waals surface area contributed by atoms with Gasteiger partial charge in [0.2, 0.25) is 0 Å². The zero-order valence-electron chi connectivity index (χ0n) is 67.0. The molecular weight excluding hydrogens is 1310 g/mol. The van der Waals surface area contributed by atoms with Crippen LogP contribution in [0.2, 0.25) is 0 Å². The number of carbonyl (C=O) groups is 6. The van der Waals surface area contributed by atoms with E-state index < -0.39 is 0 Å². The van der Waals surface area contributed by atoms with Crippen LogP contribution in [-0.4, -0.2) is 69.4 Å². The van der Waals surface area contributed by atoms with Crippen molar-refractivity contribution in [2.24, 2.45) is 154 Å². The molecule has 0 saturated heterocycles. The fraction of sp³-hybridized carbons (Fsp3) is 0.806. The van der Waals surface area contributed by atoms with Crippen molar-refractivity contribution in [3.63, 3.8) is 0 Å². The van der Waals surface area contributed by atoms with Crippen LogP contribution in [0, 0.1) is 154 Å². The molecule has 0 spiro atoms. The Morgan fingerprint density at radius 1 is 0.295 bits per heavy atom. The Kier molecular flexibility index (Phi) is 22.8. The normalized spacial score (nSPS) is 46.0. The van der Waals surface area contributed by atoms with E-state index in [0.717, 1.165) is 83.9 Å². The first-order valence-electron chi connectivity index (χ1n) is 43.0. The molecule has 24 bridgehead atoms. The first kappa shape index (κ1) is 78.4. The van der Waals surface area contributed by atoms with Gasteiger partial charge in [-0.15, -0.1) is 0 Å². The van der Waals surface area contributed by atoms with Crippen molar-refractivity contribution in [3.8, 4) is 0 Å². The van der Waals surface area contributed by atoms with Gasteiger partial charge in [0.25, 0.3) is 0 Å². The number of hydrogen-bond acceptors (Lipinski definition) is 12. The standard InChI is InChI=1S/C17H26O2.2C16H24O2.2C15H22O2.C14H20O2/c1-10(2)16(18)19-17(11(3)4)14-6-12-5-13(8-14)9-15(17)7-12;1-4-16(18-15(17)10(2)3)13-6-11-5-12(8-13)9-14(16)7-11;1-4-15(17)18-16(10(2)3)13-6-11-5-12(8-13)9-14(16)7-11;1-9(2)14(16)17-15(3)12-5-10-4-11(7-12)8-13(15)6-10;1-3-14(16)17-15(4-2)12-6-10-5-11(8-12)9-13(15)7-10;1-3-13(15)16-14(2)11-5-9-4-10(7-11)8-12(14)6-9/h11-15H,1,5-9H2,2-4H3;11-14H,2,4-9H2,1,3H3;4,10-14H,1,5-9H2,2-3H3;10-13H,1,4-8H2,2-3H3;3,10-13H,1,4-9H2,2H3;3,9-12H,1,4-8H2,2H3. The highest BCUT2D eigenvalue weighted by Gasteiger charge is 2.65. The van der Waals surface area contributed by atoms with E-state index in [0.29, 0.717) is 99.6 Å². The van der Waals surface area contributed by atoms with E-state index in [9.17, 15) is 28.8 Å². The third kappa shape index (κ3) is 14.6. The summed E-state index contributed by atoms with van der Waals surface area (Å²) in [5.41, 5.74) is 0.484. The number of carbonyl (C=O) groups excluding carboxylic acids is 6. The molecule has 24 saturated carbocycles. The predicted molar refractivity (Wildman–Crippen MR) is 412 cm³/mol. The highest BCUT2D eigenvalue weighted by Crippen LogP contribution is 2.67. The van der Waals surface area contributed by atoms with Crippen LogP contribution in [0.4, 0.5) is 0 Å². The quantitative estimate of drug-likeness (QED) is 0.0819. The molecule has 105 heavy (non-hydrogen) atoms. The minimum Gasteiger partial charge on any atom is -0.456 e. The van der Waals surface area contributed by atoms with Crippen LogP contribution in [-0.2, 0) is 57.2 Å². The minimum atomic E-state index is -0.241. The molecule has 0 aromatic rings. The Morgan fingerprint density at radius 2 is 0.495 bits per heavy atom. The maximum Gasteiger partial charge on any atom is 0.333 e. The summed E-state index contributed by atoms with van der Waals surface area (Å²) in [6.07, 6.45) is 45.1. The SMILES string of the molecule is C=C(C)C(=O)OC1(C(C)C)C2CC3CC(C2)CC1C3.C=C(C)C(=O)OC1(C)C2CC3CC(C2)CC1C3.C=C(C)C(=O)OC1(CC)C2CC3CC(C2)CC1C3.C=CC(=O)OC1(C(C)C)C2CC3CC(C2)CC1C3.C=CC(=O)OC1(C)C2CC3CC(C2)CC1C3.C=CC(=O)OC1(CC)C2CC3CC(C2)CC1C3. The molecule has 0 aromatic heterocycles. The van der Waals surface area contributed by atoms with Crippen LogP contribution in [0.15, 0.2) is 74.4 Å². The van der Waals surface area contributed by atoms with Crippen LogP contribution in [0.3, 0.4) is 0 Å². The predicted octanol–water partition coefficient (Wildman–Crippen LogP) is 20.8. The summed E-state index contributed by atoms with van der Waals surface area (Å²) >= 11 is 0. The van der Waals surface area contributed by atoms with Gasteiger partial charge in [0.1, 0.15) is 33.6 Å². The summed E-state index contributed by atoms with van der Waals surface area (Å²) in [4.78, 5) is 70.8. The van der Waals surface area contributed by atoms with E-state index in [-0.39, 0.29) is 69.4 Å². The van der Waals surface area contributed by atoms with E-state index in [1.165, 1.54) is 211 Å². The second-order valence-electron chi connectivity index (χ2n) is 40.2. The topological polar surface area (TPSA) is 158 Å². The molecule has 582 valence electrons. The lowest BCUT2D eigenvalue weighted by Gasteiger charge is -2.61. The summed E-state index contributed by atoms with van der Waals surface area (Å²) < 4.78 is 35.5. The summed E-state index contributed by atoms with van der Waals surface area (Å²) in [5.74, 6) is 17.7. The van der Waals surface area contributed by atoms with Crippen molar-refractivity contribution in [2.45, 2.75) is 315 Å². The Bertz CT molecular complexity index is 3150. The maximum absolute atomic E-state index is 12.1. The summed E-state index contributed by atoms with van der Waals surface area (Å²) in [6.45, 7) is 44.6. The molecule has 0 aliphatic heterocycles. The molecule has 24 rings (SSSR count). The fourth-order valence-corrected chi connectivity index (χ4v) is 30.0. The second-order valence-corrected chi connectivity index (χ2v) is 40.2. The van der Waals surface area contributed by atoms with Crippen LogP contribution in [0.5, 0.6) is 0 Å². The van der Waals surface area contributed by atoms with E-state index in [4.69, 9.17) is 28.4 Å². The number of hydrogen-bond donors (Lipinski definition) is 0. The molecule has 24 aliphatic rings. The van der Waals surface area contributed by atoms with Gasteiger partial charge in [-0.25, -0.2) is 28.8 Å². The van der Waals surface area contributed by atoms with Gasteiger partial charge in [-0.2, -0.15) is 0 Å². The molecule has 12 nitrogen and oxygen atoms in total. The monoisotopic (exact) mass is 1450 g/mol. The van der Waals surface area contributed by atoms with Crippen molar-refractivity contribution >= 4 is 35.8 Å². The van der Waals surface area contributed by atoms with Crippen LogP contribution in [0.25, 0.3) is 0 Å². The molecule has 12 heteroatoms. The fourth-order valence-electron chi connectivity index (χ4n) is 30.0. The van der Waals surface area contributed by atoms with E-state index in [2.05, 4.69) is 94.9 Å². The van der Waals surface area contributed by atoms with E-state index >= 15 is 0 Å². The summed E-state index contributed by atoms with van der Waals surface area (Å²) in [6, 6.07) is 0. The smallest absolute Gasteiger partial charge is 0.333 e. The lowest BCUT2D eigenvalue weighted by atomic mass is 9.47. The molecule has 0 atom stereocenters. The number of esters is 6. The van der Waals surface area contributed by atoms with E-state index in [1.807, 2.05) is 0 Å². The van der Waals surface area contributed by atoms with Gasteiger partial charge < -0.3 is 28.4 Å². The highest BCUT2D eigenvalue weighted by molar-refractivity contribution is 5.88. The third-order valence-electron chi connectivity index (χ3n) is 33.6. The highest BCUT2D eigenvalue weighted by atomic mass is 16.6. The van der Waals surface area contributed by atoms with Crippen LogP contribution >= 0.6 is 0 Å². The Morgan fingerprint density at radius 3 is 0.743 bits per heavy atom. The van der Waals surface area contributed by atoms with Gasteiger partial charge in [0.05, 0.1) is 0 Å². The summed E-state index contributed by atoms with van der Waals surface area (Å²) in [5, 5.41) is 0. The molecule has 0 radical (unpaired) electrons. The van der Waals surface area contributed by atoms with Gasteiger partial charge in [-0.1, -0.05) is 81.0 Å². The zero-order chi connectivity index (χ0) is 75.2. The molecule has 24 aliphatic carbocycles. The van der Waals surface area contributed by atoms with Crippen molar-refractivity contribution in [3.05, 3.63) is 74.4 Å². The van der Waals surface area contributed by atoms with Crippen molar-refractivity contribution < 1.29 is 57.2 Å². The molecule has 24 fully saturated rings. The number of rotatable bonds is 16. The molecular formula is C93H138O12. The molecule has 0 amide bonds. The van der Waals surface area contributed by atoms with Gasteiger partial charge in [-0.3, -0.25) is 0 Å². The van der Waals surface area contributed by atoms with E-state index in [1.54, 1.807) is 20.8 Å². The van der Waals surface area contributed by atoms with Gasteiger partial charge in [0, 0.05) is 34.9 Å².